The Morgan fingerprint density at radius 3 is 2.57 bits per heavy atom. The number of esters is 1. The summed E-state index contributed by atoms with van der Waals surface area (Å²) >= 11 is 5.91. The Bertz CT molecular complexity index is 1070. The van der Waals surface area contributed by atoms with Gasteiger partial charge < -0.3 is 4.74 Å². The molecule has 0 bridgehead atoms. The van der Waals surface area contributed by atoms with Crippen LogP contribution in [0.15, 0.2) is 60.7 Å². The first-order valence-corrected chi connectivity index (χ1v) is 9.23. The Hall–Kier alpha value is -2.98. The fraction of sp³-hybridized carbons (Fsp3) is 0.130. The molecule has 1 aliphatic carbocycles. The summed E-state index contributed by atoms with van der Waals surface area (Å²) in [5.41, 5.74) is 5.10. The molecule has 0 unspecified atom stereocenters. The van der Waals surface area contributed by atoms with Gasteiger partial charge in [-0.05, 0) is 46.9 Å². The molecule has 1 aliphatic rings. The highest BCUT2D eigenvalue weighted by Crippen LogP contribution is 2.36. The molecule has 0 saturated heterocycles. The van der Waals surface area contributed by atoms with Gasteiger partial charge in [0.1, 0.15) is 5.82 Å². The molecule has 0 aromatic heterocycles. The van der Waals surface area contributed by atoms with Crippen molar-refractivity contribution in [3.63, 3.8) is 0 Å². The van der Waals surface area contributed by atoms with Gasteiger partial charge >= 0.3 is 5.97 Å². The van der Waals surface area contributed by atoms with E-state index in [1.165, 1.54) is 29.3 Å². The van der Waals surface area contributed by atoms with Crippen LogP contribution in [0.5, 0.6) is 0 Å². The van der Waals surface area contributed by atoms with Crippen LogP contribution < -0.4 is 0 Å². The molecule has 3 aromatic rings. The second-order valence-corrected chi connectivity index (χ2v) is 7.07. The van der Waals surface area contributed by atoms with Crippen molar-refractivity contribution >= 4 is 23.4 Å². The number of carbonyl (C=O) groups is 2. The van der Waals surface area contributed by atoms with Gasteiger partial charge in [-0.1, -0.05) is 54.1 Å². The highest BCUT2D eigenvalue weighted by atomic mass is 35.5. The summed E-state index contributed by atoms with van der Waals surface area (Å²) in [6.07, 6.45) is 0.523. The van der Waals surface area contributed by atoms with E-state index >= 15 is 0 Å². The van der Waals surface area contributed by atoms with Crippen LogP contribution in [0.4, 0.5) is 4.39 Å². The number of fused-ring (bicyclic) bond motifs is 3. The number of hydrogen-bond acceptors (Lipinski definition) is 3. The first kappa shape index (κ1) is 18.4. The highest BCUT2D eigenvalue weighted by Gasteiger charge is 2.20. The summed E-state index contributed by atoms with van der Waals surface area (Å²) in [5, 5.41) is 0.153. The number of carbonyl (C=O) groups excluding carboxylic acids is 2. The molecule has 3 nitrogen and oxygen atoms in total. The quantitative estimate of drug-likeness (QED) is 0.352. The average molecular weight is 395 g/mol. The molecule has 0 fully saturated rings. The zero-order valence-corrected chi connectivity index (χ0v) is 15.6. The third kappa shape index (κ3) is 3.56. The van der Waals surface area contributed by atoms with Gasteiger partial charge in [0.25, 0.3) is 0 Å². The fourth-order valence-electron chi connectivity index (χ4n) is 3.42. The Morgan fingerprint density at radius 2 is 1.75 bits per heavy atom. The van der Waals surface area contributed by atoms with E-state index in [9.17, 15) is 14.0 Å². The lowest BCUT2D eigenvalue weighted by atomic mass is 10.0. The van der Waals surface area contributed by atoms with Crippen LogP contribution in [-0.4, -0.2) is 18.4 Å². The van der Waals surface area contributed by atoms with Crippen molar-refractivity contribution in [2.24, 2.45) is 0 Å². The third-order valence-electron chi connectivity index (χ3n) is 4.87. The van der Waals surface area contributed by atoms with E-state index in [1.54, 1.807) is 6.07 Å². The largest absolute Gasteiger partial charge is 0.457 e. The summed E-state index contributed by atoms with van der Waals surface area (Å²) in [5.74, 6) is -1.58. The van der Waals surface area contributed by atoms with Crippen molar-refractivity contribution in [3.8, 4) is 11.1 Å². The molecular weight excluding hydrogens is 379 g/mol. The lowest BCUT2D eigenvalue weighted by Crippen LogP contribution is -2.16. The molecule has 0 spiro atoms. The molecule has 4 rings (SSSR count). The SMILES string of the molecule is O=C(Cc1c(F)cccc1Cl)OCC(=O)c1ccc2c(c1)-c1ccccc1C2. The molecule has 0 aliphatic heterocycles. The summed E-state index contributed by atoms with van der Waals surface area (Å²) in [6, 6.07) is 17.8. The molecule has 0 N–H and O–H groups in total. The molecule has 0 radical (unpaired) electrons. The Labute approximate surface area is 166 Å². The monoisotopic (exact) mass is 394 g/mol. The predicted octanol–water partition coefficient (Wildman–Crippen LogP) is 5.02. The van der Waals surface area contributed by atoms with Gasteiger partial charge in [-0.15, -0.1) is 0 Å². The van der Waals surface area contributed by atoms with Crippen molar-refractivity contribution < 1.29 is 18.7 Å². The fourth-order valence-corrected chi connectivity index (χ4v) is 3.65. The van der Waals surface area contributed by atoms with Crippen molar-refractivity contribution in [1.29, 1.82) is 0 Å². The van der Waals surface area contributed by atoms with E-state index in [0.717, 1.165) is 17.5 Å². The third-order valence-corrected chi connectivity index (χ3v) is 5.22. The van der Waals surface area contributed by atoms with Crippen LogP contribution in [0.3, 0.4) is 0 Å². The summed E-state index contributed by atoms with van der Waals surface area (Å²) in [4.78, 5) is 24.5. The Balaban J connectivity index is 1.43. The van der Waals surface area contributed by atoms with E-state index in [2.05, 4.69) is 6.07 Å². The lowest BCUT2D eigenvalue weighted by Gasteiger charge is -2.08. The smallest absolute Gasteiger partial charge is 0.310 e. The number of halogens is 2. The molecule has 140 valence electrons. The van der Waals surface area contributed by atoms with E-state index < -0.39 is 18.4 Å². The number of benzene rings is 3. The summed E-state index contributed by atoms with van der Waals surface area (Å²) in [6.45, 7) is -0.397. The van der Waals surface area contributed by atoms with E-state index in [4.69, 9.17) is 16.3 Å². The van der Waals surface area contributed by atoms with Crippen molar-refractivity contribution in [1.82, 2.24) is 0 Å². The second-order valence-electron chi connectivity index (χ2n) is 6.67. The molecule has 5 heteroatoms. The average Bonchev–Trinajstić information content (AvgIpc) is 3.07. The highest BCUT2D eigenvalue weighted by molar-refractivity contribution is 6.31. The van der Waals surface area contributed by atoms with E-state index in [-0.39, 0.29) is 22.8 Å². The molecule has 3 aromatic carbocycles. The molecule has 0 heterocycles. The molecule has 0 amide bonds. The van der Waals surface area contributed by atoms with Gasteiger partial charge in [0, 0.05) is 16.1 Å². The number of ether oxygens (including phenoxy) is 1. The molecule has 28 heavy (non-hydrogen) atoms. The first-order valence-electron chi connectivity index (χ1n) is 8.86. The van der Waals surface area contributed by atoms with Gasteiger partial charge in [0.05, 0.1) is 6.42 Å². The minimum Gasteiger partial charge on any atom is -0.457 e. The van der Waals surface area contributed by atoms with Gasteiger partial charge in [-0.2, -0.15) is 0 Å². The van der Waals surface area contributed by atoms with Gasteiger partial charge in [-0.3, -0.25) is 9.59 Å². The second kappa shape index (κ2) is 7.56. The zero-order chi connectivity index (χ0) is 19.7. The maximum absolute atomic E-state index is 13.8. The number of hydrogen-bond donors (Lipinski definition) is 0. The van der Waals surface area contributed by atoms with Crippen LogP contribution in [-0.2, 0) is 22.4 Å². The first-order chi connectivity index (χ1) is 13.5. The van der Waals surface area contributed by atoms with Crippen LogP contribution in [0.2, 0.25) is 5.02 Å². The Morgan fingerprint density at radius 1 is 0.964 bits per heavy atom. The summed E-state index contributed by atoms with van der Waals surface area (Å²) in [7, 11) is 0. The van der Waals surface area contributed by atoms with E-state index in [1.807, 2.05) is 30.3 Å². The van der Waals surface area contributed by atoms with Crippen molar-refractivity contribution in [2.45, 2.75) is 12.8 Å². The van der Waals surface area contributed by atoms with Gasteiger partial charge in [0.15, 0.2) is 12.4 Å². The van der Waals surface area contributed by atoms with Crippen LogP contribution >= 0.6 is 11.6 Å². The lowest BCUT2D eigenvalue weighted by molar-refractivity contribution is -0.141. The molecule has 0 saturated carbocycles. The van der Waals surface area contributed by atoms with Crippen molar-refractivity contribution in [2.75, 3.05) is 6.61 Å². The maximum atomic E-state index is 13.8. The molecule has 0 atom stereocenters. The molecular formula is C23H16ClFO3. The Kier molecular flexibility index (Phi) is 4.97. The number of ketones is 1. The summed E-state index contributed by atoms with van der Waals surface area (Å²) < 4.78 is 18.8. The topological polar surface area (TPSA) is 43.4 Å². The predicted molar refractivity (Wildman–Crippen MR) is 105 cm³/mol. The minimum absolute atomic E-state index is 0.0655. The van der Waals surface area contributed by atoms with Gasteiger partial charge in [-0.25, -0.2) is 4.39 Å². The normalized spacial score (nSPS) is 11.6. The minimum atomic E-state index is -0.702. The van der Waals surface area contributed by atoms with Crippen LogP contribution in [0, 0.1) is 5.82 Å². The zero-order valence-electron chi connectivity index (χ0n) is 14.9. The van der Waals surface area contributed by atoms with Crippen molar-refractivity contribution in [3.05, 3.63) is 93.8 Å². The van der Waals surface area contributed by atoms with Gasteiger partial charge in [0.2, 0.25) is 0 Å². The van der Waals surface area contributed by atoms with Crippen LogP contribution in [0.1, 0.15) is 27.0 Å². The van der Waals surface area contributed by atoms with Crippen LogP contribution in [0.25, 0.3) is 11.1 Å². The number of rotatable bonds is 5. The van der Waals surface area contributed by atoms with E-state index in [0.29, 0.717) is 5.56 Å². The number of Topliss-reactive ketones (excluding diaryl/α,β-unsaturated/α-hetero) is 1. The standard InChI is InChI=1S/C23H16ClFO3/c24-20-6-3-7-21(25)19(20)12-23(27)28-13-22(26)16-9-8-15-10-14-4-1-2-5-17(14)18(15)11-16/h1-9,11H,10,12-13H2. The maximum Gasteiger partial charge on any atom is 0.310 e.